The number of carbonyl (C=O) groups excluding carboxylic acids is 1. The van der Waals surface area contributed by atoms with E-state index in [9.17, 15) is 15.0 Å². The Hall–Kier alpha value is -3.25. The van der Waals surface area contributed by atoms with Crippen molar-refractivity contribution in [2.45, 2.75) is 70.4 Å². The Balaban J connectivity index is 1.39. The molecule has 4 rings (SSSR count). The number of nitrogen functional groups attached to an aromatic ring is 1. The highest BCUT2D eigenvalue weighted by Gasteiger charge is 2.52. The average molecular weight is 540 g/mol. The third-order valence-electron chi connectivity index (χ3n) is 7.33. The molecule has 3 heterocycles. The summed E-state index contributed by atoms with van der Waals surface area (Å²) in [5, 5.41) is 28.0. The first-order valence-electron chi connectivity index (χ1n) is 13.4. The second-order valence-corrected chi connectivity index (χ2v) is 11.5. The number of aliphatic hydroxyl groups is 2. The number of rotatable bonds is 9. The van der Waals surface area contributed by atoms with E-state index in [4.69, 9.17) is 10.5 Å². The number of benzene rings is 1. The molecule has 2 amide bonds. The van der Waals surface area contributed by atoms with E-state index >= 15 is 0 Å². The van der Waals surface area contributed by atoms with Crippen LogP contribution in [0, 0.1) is 0 Å². The van der Waals surface area contributed by atoms with Crippen LogP contribution in [0.25, 0.3) is 11.0 Å². The van der Waals surface area contributed by atoms with Crippen LogP contribution in [-0.4, -0.2) is 80.2 Å². The fraction of sp³-hybridized carbons (Fsp3) is 0.536. The number of ether oxygens (including phenoxy) is 1. The van der Waals surface area contributed by atoms with Crippen LogP contribution in [-0.2, 0) is 15.9 Å². The lowest BCUT2D eigenvalue weighted by molar-refractivity contribution is -0.140. The molecule has 11 nitrogen and oxygen atoms in total. The van der Waals surface area contributed by atoms with Gasteiger partial charge in [-0.25, -0.2) is 14.8 Å². The second kappa shape index (κ2) is 11.5. The van der Waals surface area contributed by atoms with E-state index in [0.29, 0.717) is 42.9 Å². The van der Waals surface area contributed by atoms with E-state index in [2.05, 4.69) is 60.1 Å². The number of nitrogens with one attached hydrogen (secondary N) is 2. The van der Waals surface area contributed by atoms with Crippen molar-refractivity contribution >= 4 is 28.6 Å². The van der Waals surface area contributed by atoms with Crippen LogP contribution in [0.4, 0.5) is 16.3 Å². The third kappa shape index (κ3) is 6.17. The summed E-state index contributed by atoms with van der Waals surface area (Å²) in [6, 6.07) is 9.49. The predicted octanol–water partition coefficient (Wildman–Crippen LogP) is 2.64. The molecule has 1 fully saturated rings. The topological polar surface area (TPSA) is 151 Å². The Morgan fingerprint density at radius 2 is 1.95 bits per heavy atom. The van der Waals surface area contributed by atoms with Gasteiger partial charge in [0.05, 0.1) is 12.0 Å². The van der Waals surface area contributed by atoms with Crippen molar-refractivity contribution in [3.8, 4) is 0 Å². The summed E-state index contributed by atoms with van der Waals surface area (Å²) in [7, 11) is 0. The van der Waals surface area contributed by atoms with Crippen molar-refractivity contribution in [1.82, 2.24) is 24.8 Å². The first-order chi connectivity index (χ1) is 18.4. The van der Waals surface area contributed by atoms with Crippen molar-refractivity contribution in [3.63, 3.8) is 0 Å². The molecule has 0 unspecified atom stereocenters. The van der Waals surface area contributed by atoms with E-state index in [1.165, 1.54) is 11.9 Å². The van der Waals surface area contributed by atoms with Gasteiger partial charge in [0.25, 0.3) is 0 Å². The number of hydrogen-bond acceptors (Lipinski definition) is 8. The molecule has 0 spiro atoms. The number of nitrogens with zero attached hydrogens (tertiary/aromatic N) is 4. The summed E-state index contributed by atoms with van der Waals surface area (Å²) >= 11 is 0. The standard InChI is InChI=1S/C28H41N7O4/c1-18(2)34(13-6-12-30-26(38)33-20-9-7-19(8-10-20)27(3,4)5)16-28(23(37)22(36)15-39-28)35-14-11-21-24(29)31-17-32-25(21)35/h7-11,14,17-18,22-23,36-37H,6,12-13,15-16H2,1-5H3,(H2,29,31,32)(H2,30,33,38)/t22-,23-,28+/m1/s1. The molecule has 0 bridgehead atoms. The van der Waals surface area contributed by atoms with E-state index in [0.717, 1.165) is 5.69 Å². The normalized spacial score (nSPS) is 21.7. The van der Waals surface area contributed by atoms with Crippen LogP contribution in [0.3, 0.4) is 0 Å². The highest BCUT2D eigenvalue weighted by Crippen LogP contribution is 2.36. The van der Waals surface area contributed by atoms with Crippen LogP contribution in [0.2, 0.25) is 0 Å². The largest absolute Gasteiger partial charge is 0.388 e. The van der Waals surface area contributed by atoms with Gasteiger partial charge in [-0.15, -0.1) is 0 Å². The van der Waals surface area contributed by atoms with Gasteiger partial charge < -0.3 is 31.3 Å². The van der Waals surface area contributed by atoms with Crippen molar-refractivity contribution in [2.24, 2.45) is 0 Å². The highest BCUT2D eigenvalue weighted by molar-refractivity contribution is 5.89. The Bertz CT molecular complexity index is 1270. The molecule has 2 aromatic heterocycles. The van der Waals surface area contributed by atoms with Gasteiger partial charge in [-0.1, -0.05) is 32.9 Å². The van der Waals surface area contributed by atoms with Gasteiger partial charge in [0.2, 0.25) is 0 Å². The number of aromatic nitrogens is 3. The lowest BCUT2D eigenvalue weighted by atomic mass is 9.87. The monoisotopic (exact) mass is 539 g/mol. The van der Waals surface area contributed by atoms with Crippen molar-refractivity contribution in [3.05, 3.63) is 48.4 Å². The minimum Gasteiger partial charge on any atom is -0.388 e. The molecule has 0 radical (unpaired) electrons. The van der Waals surface area contributed by atoms with E-state index in [-0.39, 0.29) is 24.1 Å². The summed E-state index contributed by atoms with van der Waals surface area (Å²) in [4.78, 5) is 23.0. The molecule has 1 aliphatic heterocycles. The predicted molar refractivity (Wildman–Crippen MR) is 151 cm³/mol. The third-order valence-corrected chi connectivity index (χ3v) is 7.33. The van der Waals surface area contributed by atoms with Gasteiger partial charge in [-0.05, 0) is 49.4 Å². The van der Waals surface area contributed by atoms with Crippen LogP contribution in [0.5, 0.6) is 0 Å². The van der Waals surface area contributed by atoms with E-state index < -0.39 is 17.9 Å². The number of carbonyl (C=O) groups is 1. The molecular formula is C28H41N7O4. The number of hydrogen-bond donors (Lipinski definition) is 5. The van der Waals surface area contributed by atoms with Gasteiger partial charge >= 0.3 is 6.03 Å². The van der Waals surface area contributed by atoms with Crippen LogP contribution in [0.15, 0.2) is 42.9 Å². The summed E-state index contributed by atoms with van der Waals surface area (Å²) in [5.74, 6) is 0.331. The molecule has 3 atom stereocenters. The summed E-state index contributed by atoms with van der Waals surface area (Å²) in [5.41, 5.74) is 7.28. The molecule has 0 aliphatic carbocycles. The van der Waals surface area contributed by atoms with Crippen LogP contribution >= 0.6 is 0 Å². The molecule has 212 valence electrons. The summed E-state index contributed by atoms with van der Waals surface area (Å²) < 4.78 is 7.86. The first kappa shape index (κ1) is 28.8. The van der Waals surface area contributed by atoms with Gasteiger partial charge in [0.15, 0.2) is 5.72 Å². The zero-order chi connectivity index (χ0) is 28.4. The number of anilines is 2. The maximum Gasteiger partial charge on any atom is 0.319 e. The minimum absolute atomic E-state index is 0.00814. The summed E-state index contributed by atoms with van der Waals surface area (Å²) in [6.07, 6.45) is 1.58. The fourth-order valence-corrected chi connectivity index (χ4v) is 4.93. The van der Waals surface area contributed by atoms with Crippen LogP contribution in [0.1, 0.15) is 46.6 Å². The van der Waals surface area contributed by atoms with Gasteiger partial charge in [-0.3, -0.25) is 9.47 Å². The van der Waals surface area contributed by atoms with Crippen molar-refractivity contribution in [1.29, 1.82) is 0 Å². The number of fused-ring (bicyclic) bond motifs is 1. The fourth-order valence-electron chi connectivity index (χ4n) is 4.93. The minimum atomic E-state index is -1.27. The number of nitrogens with two attached hydrogens (primary N) is 1. The van der Waals surface area contributed by atoms with E-state index in [1.54, 1.807) is 16.8 Å². The lowest BCUT2D eigenvalue weighted by Gasteiger charge is -2.40. The Morgan fingerprint density at radius 1 is 1.23 bits per heavy atom. The number of urea groups is 1. The lowest BCUT2D eigenvalue weighted by Crippen LogP contribution is -2.54. The quantitative estimate of drug-likeness (QED) is 0.260. The maximum absolute atomic E-state index is 12.4. The van der Waals surface area contributed by atoms with Crippen molar-refractivity contribution < 1.29 is 19.7 Å². The first-order valence-corrected chi connectivity index (χ1v) is 13.4. The molecule has 39 heavy (non-hydrogen) atoms. The SMILES string of the molecule is CC(C)N(CCCNC(=O)Nc1ccc(C(C)(C)C)cc1)C[C@]1(n2ccc3c(N)ncnc32)OC[C@@H](O)[C@H]1O. The number of amides is 2. The zero-order valence-electron chi connectivity index (χ0n) is 23.4. The van der Waals surface area contributed by atoms with E-state index in [1.807, 2.05) is 24.3 Å². The van der Waals surface area contributed by atoms with Crippen LogP contribution < -0.4 is 16.4 Å². The Labute approximate surface area is 229 Å². The number of aliphatic hydroxyl groups excluding tert-OH is 2. The Morgan fingerprint density at radius 3 is 2.56 bits per heavy atom. The molecule has 0 saturated carbocycles. The molecule has 1 saturated heterocycles. The summed E-state index contributed by atoms with van der Waals surface area (Å²) in [6.45, 7) is 11.9. The molecular weight excluding hydrogens is 498 g/mol. The Kier molecular flexibility index (Phi) is 8.45. The molecule has 1 aromatic carbocycles. The highest BCUT2D eigenvalue weighted by atomic mass is 16.6. The molecule has 3 aromatic rings. The van der Waals surface area contributed by atoms with Gasteiger partial charge in [0.1, 0.15) is 30.0 Å². The average Bonchev–Trinajstić information content (AvgIpc) is 3.44. The van der Waals surface area contributed by atoms with Gasteiger partial charge in [-0.2, -0.15) is 0 Å². The van der Waals surface area contributed by atoms with Gasteiger partial charge in [0, 0.05) is 37.6 Å². The molecule has 11 heteroatoms. The molecule has 1 aliphatic rings. The van der Waals surface area contributed by atoms with Crippen molar-refractivity contribution in [2.75, 3.05) is 37.3 Å². The molecule has 6 N–H and O–H groups in total. The second-order valence-electron chi connectivity index (χ2n) is 11.5. The smallest absolute Gasteiger partial charge is 0.319 e. The maximum atomic E-state index is 12.4. The zero-order valence-corrected chi connectivity index (χ0v) is 23.4.